The van der Waals surface area contributed by atoms with Gasteiger partial charge in [0, 0.05) is 36.0 Å². The predicted molar refractivity (Wildman–Crippen MR) is 142 cm³/mol. The highest BCUT2D eigenvalue weighted by atomic mass is 79.9. The van der Waals surface area contributed by atoms with Crippen LogP contribution in [0.3, 0.4) is 0 Å². The summed E-state index contributed by atoms with van der Waals surface area (Å²) in [7, 11) is 4.02. The van der Waals surface area contributed by atoms with Gasteiger partial charge in [0.05, 0.1) is 16.2 Å². The van der Waals surface area contributed by atoms with E-state index in [1.165, 1.54) is 0 Å². The SMILES string of the molecule is CN(C)c1nc(N[C@H]2CC[C@@H](NC(=S)Nc3ccc(Br)cc3Cl)CC2)nc2ccccc12. The molecule has 0 atom stereocenters. The van der Waals surface area contributed by atoms with Gasteiger partial charge in [-0.3, -0.25) is 0 Å². The van der Waals surface area contributed by atoms with Gasteiger partial charge in [-0.1, -0.05) is 39.7 Å². The fraction of sp³-hybridized carbons (Fsp3) is 0.348. The Morgan fingerprint density at radius 1 is 1.06 bits per heavy atom. The Morgan fingerprint density at radius 3 is 2.50 bits per heavy atom. The Bertz CT molecular complexity index is 1120. The number of hydrogen-bond acceptors (Lipinski definition) is 5. The number of benzene rings is 2. The van der Waals surface area contributed by atoms with Gasteiger partial charge < -0.3 is 20.9 Å². The molecule has 4 rings (SSSR count). The monoisotopic (exact) mass is 532 g/mol. The third-order valence-corrected chi connectivity index (χ3v) is 6.61. The number of fused-ring (bicyclic) bond motifs is 1. The molecule has 1 saturated carbocycles. The van der Waals surface area contributed by atoms with Gasteiger partial charge in [0.15, 0.2) is 5.11 Å². The summed E-state index contributed by atoms with van der Waals surface area (Å²) in [6.07, 6.45) is 4.07. The maximum absolute atomic E-state index is 6.28. The second-order valence-corrected chi connectivity index (χ2v) is 9.93. The molecule has 32 heavy (non-hydrogen) atoms. The van der Waals surface area contributed by atoms with Crippen LogP contribution in [-0.2, 0) is 0 Å². The molecule has 0 amide bonds. The predicted octanol–water partition coefficient (Wildman–Crippen LogP) is 5.82. The fourth-order valence-corrected chi connectivity index (χ4v) is 4.96. The molecular weight excluding hydrogens is 508 g/mol. The van der Waals surface area contributed by atoms with Crippen LogP contribution in [0.25, 0.3) is 10.9 Å². The van der Waals surface area contributed by atoms with Crippen molar-refractivity contribution in [2.45, 2.75) is 37.8 Å². The van der Waals surface area contributed by atoms with E-state index >= 15 is 0 Å². The van der Waals surface area contributed by atoms with Gasteiger partial charge in [-0.05, 0) is 68.2 Å². The minimum absolute atomic E-state index is 0.331. The van der Waals surface area contributed by atoms with Crippen LogP contribution in [0.4, 0.5) is 17.5 Å². The standard InChI is InChI=1S/C23H26BrClN6S/c1-31(2)21-17-5-3-4-6-19(17)28-22(30-21)26-15-8-10-16(11-9-15)27-23(32)29-20-12-7-14(24)13-18(20)25/h3-7,12-13,15-16H,8-11H2,1-2H3,(H,26,28,30)(H2,27,29,32)/t15-,16+. The number of thiocarbonyl (C=S) groups is 1. The molecule has 1 aliphatic carbocycles. The van der Waals surface area contributed by atoms with E-state index in [4.69, 9.17) is 33.8 Å². The summed E-state index contributed by atoms with van der Waals surface area (Å²) in [4.78, 5) is 11.5. The van der Waals surface area contributed by atoms with Crippen molar-refractivity contribution in [3.63, 3.8) is 0 Å². The van der Waals surface area contributed by atoms with Crippen LogP contribution in [0.15, 0.2) is 46.9 Å². The fourth-order valence-electron chi connectivity index (χ4n) is 3.96. The molecule has 0 saturated heterocycles. The van der Waals surface area contributed by atoms with Gasteiger partial charge >= 0.3 is 0 Å². The number of aromatic nitrogens is 2. The normalized spacial score (nSPS) is 18.2. The highest BCUT2D eigenvalue weighted by Gasteiger charge is 2.23. The lowest BCUT2D eigenvalue weighted by atomic mass is 9.91. The Labute approximate surface area is 207 Å². The second-order valence-electron chi connectivity index (χ2n) is 8.20. The summed E-state index contributed by atoms with van der Waals surface area (Å²) in [5.74, 6) is 1.61. The van der Waals surface area contributed by atoms with Crippen molar-refractivity contribution in [1.29, 1.82) is 0 Å². The average molecular weight is 534 g/mol. The van der Waals surface area contributed by atoms with Crippen LogP contribution in [0.5, 0.6) is 0 Å². The average Bonchev–Trinajstić information content (AvgIpc) is 2.76. The minimum Gasteiger partial charge on any atom is -0.362 e. The van der Waals surface area contributed by atoms with Crippen LogP contribution >= 0.6 is 39.7 Å². The van der Waals surface area contributed by atoms with Crippen LogP contribution < -0.4 is 20.9 Å². The molecule has 1 fully saturated rings. The van der Waals surface area contributed by atoms with Crippen molar-refractivity contribution in [1.82, 2.24) is 15.3 Å². The molecule has 0 unspecified atom stereocenters. The molecule has 0 spiro atoms. The van der Waals surface area contributed by atoms with Crippen molar-refractivity contribution in [3.8, 4) is 0 Å². The van der Waals surface area contributed by atoms with Crippen molar-refractivity contribution >= 4 is 73.2 Å². The first-order valence-corrected chi connectivity index (χ1v) is 12.2. The van der Waals surface area contributed by atoms with Crippen LogP contribution in [-0.4, -0.2) is 41.3 Å². The van der Waals surface area contributed by atoms with Crippen molar-refractivity contribution in [3.05, 3.63) is 52.0 Å². The van der Waals surface area contributed by atoms with Crippen LogP contribution in [0.1, 0.15) is 25.7 Å². The number of halogens is 2. The smallest absolute Gasteiger partial charge is 0.225 e. The number of para-hydroxylation sites is 1. The third kappa shape index (κ3) is 5.60. The van der Waals surface area contributed by atoms with E-state index in [9.17, 15) is 0 Å². The van der Waals surface area contributed by atoms with E-state index in [0.717, 1.165) is 52.6 Å². The van der Waals surface area contributed by atoms with E-state index in [1.54, 1.807) is 0 Å². The van der Waals surface area contributed by atoms with Gasteiger partial charge in [-0.25, -0.2) is 4.98 Å². The second kappa shape index (κ2) is 10.2. The lowest BCUT2D eigenvalue weighted by Gasteiger charge is -2.30. The van der Waals surface area contributed by atoms with Crippen LogP contribution in [0, 0.1) is 0 Å². The lowest BCUT2D eigenvalue weighted by Crippen LogP contribution is -2.42. The molecule has 6 nitrogen and oxygen atoms in total. The number of anilines is 3. The molecule has 3 N–H and O–H groups in total. The zero-order valence-electron chi connectivity index (χ0n) is 18.0. The summed E-state index contributed by atoms with van der Waals surface area (Å²) in [6, 6.07) is 14.5. The van der Waals surface area contributed by atoms with Crippen molar-refractivity contribution in [2.24, 2.45) is 0 Å². The Morgan fingerprint density at radius 2 is 1.78 bits per heavy atom. The quantitative estimate of drug-likeness (QED) is 0.357. The maximum atomic E-state index is 6.28. The summed E-state index contributed by atoms with van der Waals surface area (Å²) in [5, 5.41) is 12.5. The van der Waals surface area contributed by atoms with E-state index in [0.29, 0.717) is 28.2 Å². The van der Waals surface area contributed by atoms with Gasteiger partial charge in [0.25, 0.3) is 0 Å². The molecule has 0 aliphatic heterocycles. The first kappa shape index (κ1) is 23.0. The zero-order valence-corrected chi connectivity index (χ0v) is 21.2. The van der Waals surface area contributed by atoms with Gasteiger partial charge in [0.2, 0.25) is 5.95 Å². The molecule has 1 aliphatic rings. The molecule has 3 aromatic rings. The number of rotatable bonds is 5. The third-order valence-electron chi connectivity index (χ3n) is 5.58. The summed E-state index contributed by atoms with van der Waals surface area (Å²) in [5.41, 5.74) is 1.75. The van der Waals surface area contributed by atoms with Crippen molar-refractivity contribution < 1.29 is 0 Å². The Balaban J connectivity index is 1.32. The lowest BCUT2D eigenvalue weighted by molar-refractivity contribution is 0.387. The molecule has 9 heteroatoms. The molecule has 2 aromatic carbocycles. The Kier molecular flexibility index (Phi) is 7.33. The van der Waals surface area contributed by atoms with E-state index in [2.05, 4.69) is 37.9 Å². The number of nitrogens with one attached hydrogen (secondary N) is 3. The van der Waals surface area contributed by atoms with Gasteiger partial charge in [-0.2, -0.15) is 4.98 Å². The van der Waals surface area contributed by atoms with Crippen LogP contribution in [0.2, 0.25) is 5.02 Å². The van der Waals surface area contributed by atoms with E-state index in [-0.39, 0.29) is 0 Å². The number of nitrogens with zero attached hydrogens (tertiary/aromatic N) is 3. The highest BCUT2D eigenvalue weighted by Crippen LogP contribution is 2.27. The summed E-state index contributed by atoms with van der Waals surface area (Å²) >= 11 is 15.2. The minimum atomic E-state index is 0.331. The molecule has 1 heterocycles. The molecular formula is C23H26BrClN6S. The molecule has 0 bridgehead atoms. The molecule has 168 valence electrons. The summed E-state index contributed by atoms with van der Waals surface area (Å²) in [6.45, 7) is 0. The Hall–Kier alpha value is -2.16. The molecule has 1 aromatic heterocycles. The first-order valence-electron chi connectivity index (χ1n) is 10.6. The summed E-state index contributed by atoms with van der Waals surface area (Å²) < 4.78 is 0.936. The first-order chi connectivity index (χ1) is 15.4. The van der Waals surface area contributed by atoms with E-state index in [1.807, 2.05) is 55.4 Å². The van der Waals surface area contributed by atoms with E-state index < -0.39 is 0 Å². The van der Waals surface area contributed by atoms with Gasteiger partial charge in [0.1, 0.15) is 5.82 Å². The largest absolute Gasteiger partial charge is 0.362 e. The van der Waals surface area contributed by atoms with Crippen molar-refractivity contribution in [2.75, 3.05) is 29.6 Å². The highest BCUT2D eigenvalue weighted by molar-refractivity contribution is 9.10. The number of hydrogen-bond donors (Lipinski definition) is 3. The zero-order chi connectivity index (χ0) is 22.7. The molecule has 0 radical (unpaired) electrons. The maximum Gasteiger partial charge on any atom is 0.225 e. The van der Waals surface area contributed by atoms with Gasteiger partial charge in [-0.15, -0.1) is 0 Å². The topological polar surface area (TPSA) is 65.1 Å².